The zero-order valence-electron chi connectivity index (χ0n) is 19.4. The molecule has 36 heavy (non-hydrogen) atoms. The van der Waals surface area contributed by atoms with Gasteiger partial charge in [-0.15, -0.1) is 0 Å². The van der Waals surface area contributed by atoms with Gasteiger partial charge >= 0.3 is 17.9 Å². The van der Waals surface area contributed by atoms with Crippen molar-refractivity contribution in [3.8, 4) is 17.2 Å². The van der Waals surface area contributed by atoms with Gasteiger partial charge in [-0.25, -0.2) is 14.4 Å². The molecule has 0 amide bonds. The largest absolute Gasteiger partial charge is 0.494 e. The number of hydrogen-bond acceptors (Lipinski definition) is 8. The van der Waals surface area contributed by atoms with E-state index in [0.717, 1.165) is 6.08 Å². The van der Waals surface area contributed by atoms with Gasteiger partial charge in [-0.2, -0.15) is 0 Å². The van der Waals surface area contributed by atoms with E-state index in [1.165, 1.54) is 48.5 Å². The van der Waals surface area contributed by atoms with E-state index in [0.29, 0.717) is 54.8 Å². The molecule has 0 aliphatic heterocycles. The van der Waals surface area contributed by atoms with E-state index in [4.69, 9.17) is 18.9 Å². The number of aldehydes is 1. The number of benzene rings is 3. The lowest BCUT2D eigenvalue weighted by molar-refractivity contribution is -0.137. The molecule has 0 bridgehead atoms. The Kier molecular flexibility index (Phi) is 9.52. The summed E-state index contributed by atoms with van der Waals surface area (Å²) in [5.74, 6) is -0.410. The molecule has 0 unspecified atom stereocenters. The van der Waals surface area contributed by atoms with Crippen LogP contribution in [-0.2, 0) is 9.53 Å². The Balaban J connectivity index is 1.44. The lowest BCUT2D eigenvalue weighted by atomic mass is 10.1. The van der Waals surface area contributed by atoms with Crippen LogP contribution in [0.3, 0.4) is 0 Å². The van der Waals surface area contributed by atoms with Crippen molar-refractivity contribution in [2.75, 3.05) is 13.2 Å². The van der Waals surface area contributed by atoms with Crippen molar-refractivity contribution < 1.29 is 38.1 Å². The Labute approximate surface area is 208 Å². The van der Waals surface area contributed by atoms with E-state index < -0.39 is 17.9 Å². The van der Waals surface area contributed by atoms with Gasteiger partial charge in [-0.05, 0) is 73.5 Å². The number of carbonyl (C=O) groups excluding carboxylic acids is 4. The van der Waals surface area contributed by atoms with Gasteiger partial charge in [0.05, 0.1) is 24.3 Å². The van der Waals surface area contributed by atoms with E-state index in [2.05, 4.69) is 6.58 Å². The smallest absolute Gasteiger partial charge is 0.343 e. The van der Waals surface area contributed by atoms with Gasteiger partial charge in [0, 0.05) is 11.6 Å². The summed E-state index contributed by atoms with van der Waals surface area (Å²) in [7, 11) is 0. The van der Waals surface area contributed by atoms with Gasteiger partial charge < -0.3 is 18.9 Å². The minimum absolute atomic E-state index is 0.277. The highest BCUT2D eigenvalue weighted by Gasteiger charge is 2.11. The molecule has 0 saturated heterocycles. The predicted molar refractivity (Wildman–Crippen MR) is 131 cm³/mol. The van der Waals surface area contributed by atoms with Crippen LogP contribution in [0.25, 0.3) is 0 Å². The molecule has 0 saturated carbocycles. The fraction of sp³-hybridized carbons (Fsp3) is 0.143. The maximum atomic E-state index is 12.4. The van der Waals surface area contributed by atoms with E-state index in [1.54, 1.807) is 24.3 Å². The highest BCUT2D eigenvalue weighted by molar-refractivity contribution is 5.92. The van der Waals surface area contributed by atoms with Crippen LogP contribution < -0.4 is 14.2 Å². The molecule has 0 fully saturated rings. The monoisotopic (exact) mass is 488 g/mol. The molecule has 0 atom stereocenters. The fourth-order valence-electron chi connectivity index (χ4n) is 2.92. The summed E-state index contributed by atoms with van der Waals surface area (Å²) in [4.78, 5) is 46.3. The van der Waals surface area contributed by atoms with Gasteiger partial charge in [-0.1, -0.05) is 18.7 Å². The number of esters is 3. The predicted octanol–water partition coefficient (Wildman–Crippen LogP) is 4.83. The van der Waals surface area contributed by atoms with Crippen molar-refractivity contribution in [1.29, 1.82) is 0 Å². The number of ether oxygens (including phenoxy) is 4. The summed E-state index contributed by atoms with van der Waals surface area (Å²) in [6.45, 7) is 4.07. The van der Waals surface area contributed by atoms with Crippen LogP contribution >= 0.6 is 0 Å². The van der Waals surface area contributed by atoms with Crippen molar-refractivity contribution in [3.63, 3.8) is 0 Å². The molecule has 0 aliphatic carbocycles. The summed E-state index contributed by atoms with van der Waals surface area (Å²) >= 11 is 0. The van der Waals surface area contributed by atoms with Gasteiger partial charge in [0.25, 0.3) is 0 Å². The SMILES string of the molecule is C=CC(=O)OCCCCOc1ccc(C(=O)Oc2ccc(OC(=O)c3ccc(C=O)cc3)cc2)cc1. The zero-order valence-corrected chi connectivity index (χ0v) is 19.4. The molecule has 0 spiro atoms. The highest BCUT2D eigenvalue weighted by atomic mass is 16.5. The quantitative estimate of drug-likeness (QED) is 0.117. The van der Waals surface area contributed by atoms with Crippen LogP contribution in [-0.4, -0.2) is 37.4 Å². The van der Waals surface area contributed by atoms with E-state index in [9.17, 15) is 19.2 Å². The van der Waals surface area contributed by atoms with Crippen molar-refractivity contribution in [1.82, 2.24) is 0 Å². The number of hydrogen-bond donors (Lipinski definition) is 0. The molecular weight excluding hydrogens is 464 g/mol. The Bertz CT molecular complexity index is 1200. The minimum Gasteiger partial charge on any atom is -0.494 e. The summed E-state index contributed by atoms with van der Waals surface area (Å²) in [6.07, 6.45) is 3.17. The Hall–Kier alpha value is -4.72. The standard InChI is InChI=1S/C28H24O8/c1-2-26(30)34-18-4-3-17-33-23-11-9-22(10-12-23)28(32)36-25-15-13-24(14-16-25)35-27(31)21-7-5-20(19-29)6-8-21/h2,5-16,19H,1,3-4,17-18H2. The molecule has 0 N–H and O–H groups in total. The maximum Gasteiger partial charge on any atom is 0.343 e. The van der Waals surface area contributed by atoms with Crippen molar-refractivity contribution in [2.24, 2.45) is 0 Å². The Morgan fingerprint density at radius 1 is 0.667 bits per heavy atom. The second kappa shape index (κ2) is 13.2. The molecule has 0 aromatic heterocycles. The van der Waals surface area contributed by atoms with Crippen LogP contribution in [0.1, 0.15) is 43.9 Å². The van der Waals surface area contributed by atoms with E-state index in [-0.39, 0.29) is 11.5 Å². The third-order valence-electron chi connectivity index (χ3n) is 4.84. The van der Waals surface area contributed by atoms with Crippen molar-refractivity contribution in [3.05, 3.63) is 102 Å². The Morgan fingerprint density at radius 3 is 1.64 bits per heavy atom. The molecule has 8 nitrogen and oxygen atoms in total. The van der Waals surface area contributed by atoms with Gasteiger partial charge in [-0.3, -0.25) is 4.79 Å². The van der Waals surface area contributed by atoms with Crippen molar-refractivity contribution in [2.45, 2.75) is 12.8 Å². The van der Waals surface area contributed by atoms with Gasteiger partial charge in [0.1, 0.15) is 23.5 Å². The average Bonchev–Trinajstić information content (AvgIpc) is 2.91. The fourth-order valence-corrected chi connectivity index (χ4v) is 2.92. The van der Waals surface area contributed by atoms with Gasteiger partial charge in [0.2, 0.25) is 0 Å². The first kappa shape index (κ1) is 25.9. The summed E-state index contributed by atoms with van der Waals surface area (Å²) in [5, 5.41) is 0. The molecule has 0 radical (unpaired) electrons. The topological polar surface area (TPSA) is 105 Å². The summed E-state index contributed by atoms with van der Waals surface area (Å²) in [6, 6.07) is 18.6. The van der Waals surface area contributed by atoms with Crippen LogP contribution in [0, 0.1) is 0 Å². The third kappa shape index (κ3) is 7.95. The average molecular weight is 488 g/mol. The second-order valence-corrected chi connectivity index (χ2v) is 7.44. The molecule has 184 valence electrons. The molecule has 0 aliphatic rings. The molecule has 0 heterocycles. The first-order chi connectivity index (χ1) is 17.5. The lowest BCUT2D eigenvalue weighted by Gasteiger charge is -2.08. The highest BCUT2D eigenvalue weighted by Crippen LogP contribution is 2.21. The summed E-state index contributed by atoms with van der Waals surface area (Å²) < 4.78 is 21.2. The molecule has 3 rings (SSSR count). The lowest BCUT2D eigenvalue weighted by Crippen LogP contribution is -2.10. The normalized spacial score (nSPS) is 10.1. The first-order valence-corrected chi connectivity index (χ1v) is 11.1. The number of rotatable bonds is 12. The van der Waals surface area contributed by atoms with Gasteiger partial charge in [0.15, 0.2) is 0 Å². The van der Waals surface area contributed by atoms with Crippen molar-refractivity contribution >= 4 is 24.2 Å². The minimum atomic E-state index is -0.573. The number of carbonyl (C=O) groups is 4. The van der Waals surface area contributed by atoms with Crippen LogP contribution in [0.4, 0.5) is 0 Å². The van der Waals surface area contributed by atoms with Crippen LogP contribution in [0.5, 0.6) is 17.2 Å². The third-order valence-corrected chi connectivity index (χ3v) is 4.84. The van der Waals surface area contributed by atoms with Crippen LogP contribution in [0.15, 0.2) is 85.5 Å². The molecule has 3 aromatic carbocycles. The zero-order chi connectivity index (χ0) is 25.8. The number of unbranched alkanes of at least 4 members (excludes halogenated alkanes) is 1. The van der Waals surface area contributed by atoms with E-state index in [1.807, 2.05) is 0 Å². The van der Waals surface area contributed by atoms with Crippen LogP contribution in [0.2, 0.25) is 0 Å². The maximum absolute atomic E-state index is 12.4. The first-order valence-electron chi connectivity index (χ1n) is 11.1. The van der Waals surface area contributed by atoms with E-state index >= 15 is 0 Å². The second-order valence-electron chi connectivity index (χ2n) is 7.44. The Morgan fingerprint density at radius 2 is 1.14 bits per heavy atom. The molecule has 8 heteroatoms. The summed E-state index contributed by atoms with van der Waals surface area (Å²) in [5.41, 5.74) is 1.10. The molecular formula is C28H24O8. The molecule has 3 aromatic rings.